The lowest BCUT2D eigenvalue weighted by molar-refractivity contribution is 0.101. The molecule has 23 heteroatoms. The minimum absolute atomic E-state index is 0.286. The highest BCUT2D eigenvalue weighted by atomic mass is 32.1. The minimum atomic E-state index is -0.919. The maximum atomic E-state index is 13.9. The number of aromatic nitrogens is 4. The predicted octanol–water partition coefficient (Wildman–Crippen LogP) is 15.8. The molecule has 4 heterocycles. The van der Waals surface area contributed by atoms with Crippen molar-refractivity contribution in [1.29, 1.82) is 0 Å². The molecule has 3 aliphatic carbocycles. The van der Waals surface area contributed by atoms with E-state index in [-0.39, 0.29) is 5.13 Å². The Hall–Kier alpha value is -8.79. The Balaban J connectivity index is 0.000000133. The van der Waals surface area contributed by atoms with Gasteiger partial charge in [0.15, 0.2) is 21.1 Å². The monoisotopic (exact) mass is 1240 g/mol. The standard InChI is InChI=1S/C22H15F2N3OS2.C20H15F2N3OS2.C20H13F2N3OS/c23-15-7-3-8-16(24)18(15)20(28)27-22-26-17-9-2-4-12-13(19(17)30-22)5-1-6-14(12)21-25-10-11-29-21;21-13-7-3-8-14(22)16(13)19(26)25-20-24-15-9-2-4-10-11(17(15)28-20)5-1-6-12(10)18(23)27;1-23-15-9-3-6-12-11(15)5-2-10-16-18(12)27-20(24-16)25-19(26)17-13(21)7-4-8-14(17)22/h1,3,5-8,10-11H,2,4,9H2,(H,26,27,28);1,3,5-8H,2,4,9H2,(H2,23,27)(H,24,25,26);3-4,6-9H,2,5,10H2,(H,24,25,26). The second-order valence-corrected chi connectivity index (χ2v) is 23.7. The van der Waals surface area contributed by atoms with Crippen LogP contribution in [0.2, 0.25) is 0 Å². The van der Waals surface area contributed by atoms with Crippen LogP contribution in [0.3, 0.4) is 0 Å². The van der Waals surface area contributed by atoms with Crippen LogP contribution in [0.25, 0.3) is 46.7 Å². The summed E-state index contributed by atoms with van der Waals surface area (Å²) >= 11 is 10.6. The van der Waals surface area contributed by atoms with E-state index in [0.717, 1.165) is 163 Å². The van der Waals surface area contributed by atoms with Crippen molar-refractivity contribution in [2.24, 2.45) is 5.73 Å². The van der Waals surface area contributed by atoms with E-state index in [1.165, 1.54) is 57.8 Å². The number of hydrogen-bond donors (Lipinski definition) is 4. The van der Waals surface area contributed by atoms with Crippen molar-refractivity contribution in [3.05, 3.63) is 223 Å². The summed E-state index contributed by atoms with van der Waals surface area (Å²) < 4.78 is 83.2. The van der Waals surface area contributed by atoms with Gasteiger partial charge in [0.05, 0.1) is 38.3 Å². The summed E-state index contributed by atoms with van der Waals surface area (Å²) in [6.07, 6.45) is 9.14. The van der Waals surface area contributed by atoms with Gasteiger partial charge in [0, 0.05) is 22.7 Å². The summed E-state index contributed by atoms with van der Waals surface area (Å²) in [4.78, 5) is 61.8. The zero-order valence-corrected chi connectivity index (χ0v) is 48.3. The maximum absolute atomic E-state index is 13.9. The number of thiocarbonyl (C=S) groups is 1. The number of amides is 3. The van der Waals surface area contributed by atoms with Crippen LogP contribution in [0.1, 0.15) is 89.7 Å². The average molecular weight is 1240 g/mol. The quantitative estimate of drug-likeness (QED) is 0.0657. The Morgan fingerprint density at radius 1 is 0.494 bits per heavy atom. The van der Waals surface area contributed by atoms with Gasteiger partial charge in [-0.05, 0) is 128 Å². The van der Waals surface area contributed by atoms with Gasteiger partial charge in [-0.25, -0.2) is 51.1 Å². The van der Waals surface area contributed by atoms with Crippen molar-refractivity contribution < 1.29 is 40.7 Å². The number of anilines is 3. The first-order valence-corrected chi connectivity index (χ1v) is 30.1. The van der Waals surface area contributed by atoms with Gasteiger partial charge in [0.1, 0.15) is 61.6 Å². The number of rotatable bonds is 8. The lowest BCUT2D eigenvalue weighted by atomic mass is 9.98. The Kier molecular flexibility index (Phi) is 17.2. The number of halogens is 6. The first-order chi connectivity index (χ1) is 41.1. The molecule has 12 nitrogen and oxygen atoms in total. The SMILES string of the molecule is NC(=S)c1cccc2c1CCCc1nc(NC(=O)c3c(F)cccc3F)sc1-2.O=C(Nc1nc2c(s1)-c1cccc(-c3nccs3)c1CCC2)c1c(F)cccc1F.[C-]#[N+]c1cccc2c1CCCc1nc(NC(=O)c3c(F)cccc3F)sc1-2. The third kappa shape index (κ3) is 12.1. The van der Waals surface area contributed by atoms with Crippen molar-refractivity contribution in [3.8, 4) is 41.9 Å². The summed E-state index contributed by atoms with van der Waals surface area (Å²) in [5.74, 6) is -8.04. The summed E-state index contributed by atoms with van der Waals surface area (Å²) in [7, 11) is 0. The van der Waals surface area contributed by atoms with Crippen molar-refractivity contribution >= 4 is 101 Å². The third-order valence-corrected chi connectivity index (χ3v) is 18.3. The number of thiazole rings is 4. The van der Waals surface area contributed by atoms with Crippen LogP contribution in [-0.4, -0.2) is 42.6 Å². The zero-order chi connectivity index (χ0) is 59.5. The van der Waals surface area contributed by atoms with E-state index in [2.05, 4.69) is 52.9 Å². The Bertz CT molecular complexity index is 4270. The highest BCUT2D eigenvalue weighted by Gasteiger charge is 2.28. The zero-order valence-electron chi connectivity index (χ0n) is 44.3. The third-order valence-electron chi connectivity index (χ3n) is 14.1. The molecule has 0 aliphatic heterocycles. The minimum Gasteiger partial charge on any atom is -0.389 e. The molecule has 13 rings (SSSR count). The lowest BCUT2D eigenvalue weighted by Gasteiger charge is -2.11. The molecule has 0 spiro atoms. The van der Waals surface area contributed by atoms with Gasteiger partial charge in [-0.2, -0.15) is 0 Å². The number of nitrogens with zero attached hydrogens (tertiary/aromatic N) is 5. The van der Waals surface area contributed by atoms with Gasteiger partial charge in [-0.15, -0.1) is 11.3 Å². The van der Waals surface area contributed by atoms with Crippen LogP contribution in [0.5, 0.6) is 0 Å². The van der Waals surface area contributed by atoms with E-state index in [0.29, 0.717) is 27.4 Å². The number of hydrogen-bond acceptors (Lipinski definition) is 12. The van der Waals surface area contributed by atoms with Crippen LogP contribution in [0.4, 0.5) is 47.4 Å². The molecule has 4 aromatic heterocycles. The van der Waals surface area contributed by atoms with Crippen LogP contribution in [0.15, 0.2) is 121 Å². The number of carbonyl (C=O) groups is 3. The average Bonchev–Trinajstić information content (AvgIpc) is 4.36. The van der Waals surface area contributed by atoms with Crippen molar-refractivity contribution in [1.82, 2.24) is 19.9 Å². The molecule has 0 saturated heterocycles. The van der Waals surface area contributed by atoms with E-state index >= 15 is 0 Å². The fraction of sp³-hybridized carbons (Fsp3) is 0.145. The molecular formula is C62H43F6N9O3S5. The number of nitrogens with two attached hydrogens (primary N) is 1. The number of nitrogens with one attached hydrogen (secondary N) is 3. The topological polar surface area (TPSA) is 169 Å². The first kappa shape index (κ1) is 58.0. The molecule has 426 valence electrons. The Morgan fingerprint density at radius 2 is 0.859 bits per heavy atom. The first-order valence-electron chi connectivity index (χ1n) is 26.3. The van der Waals surface area contributed by atoms with E-state index in [1.54, 1.807) is 23.6 Å². The van der Waals surface area contributed by atoms with Gasteiger partial charge in [-0.3, -0.25) is 30.3 Å². The number of fused-ring (bicyclic) bond motifs is 9. The number of aryl methyl sites for hydroxylation is 3. The van der Waals surface area contributed by atoms with E-state index in [9.17, 15) is 40.7 Å². The van der Waals surface area contributed by atoms with Gasteiger partial charge >= 0.3 is 0 Å². The van der Waals surface area contributed by atoms with Crippen LogP contribution in [-0.2, 0) is 38.5 Å². The molecule has 0 fully saturated rings. The molecule has 0 atom stereocenters. The maximum Gasteiger partial charge on any atom is 0.263 e. The smallest absolute Gasteiger partial charge is 0.263 e. The Morgan fingerprint density at radius 3 is 1.27 bits per heavy atom. The number of benzene rings is 6. The van der Waals surface area contributed by atoms with Gasteiger partial charge < -0.3 is 5.73 Å². The largest absolute Gasteiger partial charge is 0.389 e. The lowest BCUT2D eigenvalue weighted by Crippen LogP contribution is -2.15. The van der Waals surface area contributed by atoms with Crippen LogP contribution < -0.4 is 21.7 Å². The summed E-state index contributed by atoms with van der Waals surface area (Å²) in [6, 6.07) is 27.4. The molecule has 0 bridgehead atoms. The molecule has 0 radical (unpaired) electrons. The molecule has 5 N–H and O–H groups in total. The van der Waals surface area contributed by atoms with Crippen LogP contribution in [0, 0.1) is 41.5 Å². The van der Waals surface area contributed by atoms with Gasteiger partial charge in [0.25, 0.3) is 17.7 Å². The summed E-state index contributed by atoms with van der Waals surface area (Å²) in [6.45, 7) is 7.36. The molecule has 0 unspecified atom stereocenters. The predicted molar refractivity (Wildman–Crippen MR) is 325 cm³/mol. The van der Waals surface area contributed by atoms with Crippen molar-refractivity contribution in [3.63, 3.8) is 0 Å². The number of carbonyl (C=O) groups excluding carboxylic acids is 3. The molecule has 3 aliphatic rings. The second-order valence-electron chi connectivity index (χ2n) is 19.4. The molecule has 85 heavy (non-hydrogen) atoms. The molecule has 3 amide bonds. The van der Waals surface area contributed by atoms with E-state index < -0.39 is 69.3 Å². The second kappa shape index (κ2) is 25.2. The summed E-state index contributed by atoms with van der Waals surface area (Å²) in [5, 5.41) is 11.4. The highest BCUT2D eigenvalue weighted by Crippen LogP contribution is 2.45. The fourth-order valence-corrected chi connectivity index (χ4v) is 14.4. The van der Waals surface area contributed by atoms with E-state index in [4.69, 9.17) is 24.5 Å². The molecule has 10 aromatic rings. The molecular weight excluding hydrogens is 1190 g/mol. The van der Waals surface area contributed by atoms with E-state index in [1.807, 2.05) is 41.8 Å². The van der Waals surface area contributed by atoms with Gasteiger partial charge in [0.2, 0.25) is 0 Å². The normalized spacial score (nSPS) is 12.6. The molecule has 6 aromatic carbocycles. The molecule has 0 saturated carbocycles. The Labute approximate surface area is 503 Å². The highest BCUT2D eigenvalue weighted by molar-refractivity contribution is 7.80. The van der Waals surface area contributed by atoms with Crippen molar-refractivity contribution in [2.75, 3.05) is 16.0 Å². The fourth-order valence-electron chi connectivity index (χ4n) is 10.4. The van der Waals surface area contributed by atoms with Crippen LogP contribution >= 0.6 is 57.6 Å². The van der Waals surface area contributed by atoms with Crippen molar-refractivity contribution in [2.45, 2.75) is 57.8 Å². The van der Waals surface area contributed by atoms with Gasteiger partial charge in [-0.1, -0.05) is 119 Å². The summed E-state index contributed by atoms with van der Waals surface area (Å²) in [5.41, 5.74) is 15.4.